The number of aromatic carboxylic acids is 1. The third kappa shape index (κ3) is 3.29. The van der Waals surface area contributed by atoms with Gasteiger partial charge in [-0.15, -0.1) is 0 Å². The number of carboxylic acid groups (broad SMARTS) is 1. The topological polar surface area (TPSA) is 92.5 Å². The number of carboxylic acids is 1. The Morgan fingerprint density at radius 1 is 1.59 bits per heavy atom. The summed E-state index contributed by atoms with van der Waals surface area (Å²) in [5.41, 5.74) is -0.164. The van der Waals surface area contributed by atoms with Crippen LogP contribution in [0.4, 0.5) is 5.69 Å². The summed E-state index contributed by atoms with van der Waals surface area (Å²) in [6, 6.07) is 3.58. The third-order valence-corrected chi connectivity index (χ3v) is 1.93. The van der Waals surface area contributed by atoms with Crippen LogP contribution in [0.2, 0.25) is 0 Å². The molecule has 0 aliphatic heterocycles. The summed E-state index contributed by atoms with van der Waals surface area (Å²) < 4.78 is 0. The average molecular weight is 234 g/mol. The quantitative estimate of drug-likeness (QED) is 0.459. The largest absolute Gasteiger partial charge is 0.478 e. The summed E-state index contributed by atoms with van der Waals surface area (Å²) in [4.78, 5) is 20.8. The summed E-state index contributed by atoms with van der Waals surface area (Å²) in [5, 5.41) is 22.2. The van der Waals surface area contributed by atoms with Crippen LogP contribution in [-0.4, -0.2) is 29.6 Å². The van der Waals surface area contributed by atoms with Gasteiger partial charge in [-0.2, -0.15) is 0 Å². The minimum atomic E-state index is -1.23. The minimum Gasteiger partial charge on any atom is -0.478 e. The summed E-state index contributed by atoms with van der Waals surface area (Å²) in [7, 11) is 1.71. The van der Waals surface area contributed by atoms with Crippen LogP contribution in [0, 0.1) is 22.0 Å². The van der Waals surface area contributed by atoms with Gasteiger partial charge in [-0.05, 0) is 13.1 Å². The van der Waals surface area contributed by atoms with Gasteiger partial charge in [0.15, 0.2) is 0 Å². The molecular formula is C11H10N2O4. The zero-order chi connectivity index (χ0) is 12.8. The van der Waals surface area contributed by atoms with Crippen molar-refractivity contribution < 1.29 is 14.8 Å². The van der Waals surface area contributed by atoms with E-state index in [0.717, 1.165) is 6.07 Å². The van der Waals surface area contributed by atoms with E-state index in [1.54, 1.807) is 7.05 Å². The fraction of sp³-hybridized carbons (Fsp3) is 0.182. The van der Waals surface area contributed by atoms with E-state index in [0.29, 0.717) is 6.54 Å². The van der Waals surface area contributed by atoms with Crippen molar-refractivity contribution in [1.29, 1.82) is 0 Å². The maximum absolute atomic E-state index is 10.9. The van der Waals surface area contributed by atoms with Gasteiger partial charge in [0.05, 0.1) is 17.0 Å². The molecule has 0 bridgehead atoms. The Morgan fingerprint density at radius 3 is 2.82 bits per heavy atom. The summed E-state index contributed by atoms with van der Waals surface area (Å²) in [5.74, 6) is 4.11. The molecule has 0 aromatic heterocycles. The summed E-state index contributed by atoms with van der Waals surface area (Å²) in [6.07, 6.45) is 0. The van der Waals surface area contributed by atoms with Gasteiger partial charge in [-0.3, -0.25) is 10.1 Å². The normalized spacial score (nSPS) is 9.24. The number of nitrogens with one attached hydrogen (secondary N) is 1. The van der Waals surface area contributed by atoms with Crippen molar-refractivity contribution in [3.63, 3.8) is 0 Å². The van der Waals surface area contributed by atoms with Crippen molar-refractivity contribution >= 4 is 11.7 Å². The average Bonchev–Trinajstić information content (AvgIpc) is 2.29. The van der Waals surface area contributed by atoms with Gasteiger partial charge in [0.2, 0.25) is 0 Å². The van der Waals surface area contributed by atoms with Crippen molar-refractivity contribution in [2.24, 2.45) is 0 Å². The van der Waals surface area contributed by atoms with Crippen LogP contribution >= 0.6 is 0 Å². The number of benzene rings is 1. The first-order valence-electron chi connectivity index (χ1n) is 4.71. The molecule has 0 spiro atoms. The van der Waals surface area contributed by atoms with Gasteiger partial charge in [0.1, 0.15) is 0 Å². The molecule has 0 aliphatic rings. The Hall–Kier alpha value is -2.39. The van der Waals surface area contributed by atoms with Crippen LogP contribution in [0.3, 0.4) is 0 Å². The molecule has 0 aliphatic carbocycles. The monoisotopic (exact) mass is 234 g/mol. The molecule has 1 aromatic carbocycles. The van der Waals surface area contributed by atoms with Gasteiger partial charge in [0, 0.05) is 17.7 Å². The van der Waals surface area contributed by atoms with E-state index in [2.05, 4.69) is 17.2 Å². The first kappa shape index (κ1) is 12.7. The maximum Gasteiger partial charge on any atom is 0.337 e. The molecule has 6 heteroatoms. The lowest BCUT2D eigenvalue weighted by atomic mass is 10.1. The summed E-state index contributed by atoms with van der Waals surface area (Å²) in [6.45, 7) is 0.413. The molecule has 2 N–H and O–H groups in total. The minimum absolute atomic E-state index is 0.164. The zero-order valence-corrected chi connectivity index (χ0v) is 9.06. The van der Waals surface area contributed by atoms with Crippen LogP contribution < -0.4 is 5.32 Å². The van der Waals surface area contributed by atoms with Crippen LogP contribution in [0.1, 0.15) is 15.9 Å². The molecule has 0 atom stereocenters. The highest BCUT2D eigenvalue weighted by atomic mass is 16.6. The SMILES string of the molecule is CNCC#Cc1ccc([N+](=O)[O-])cc1C(=O)O. The second-order valence-electron chi connectivity index (χ2n) is 3.12. The van der Waals surface area contributed by atoms with Crippen molar-refractivity contribution in [2.75, 3.05) is 13.6 Å². The van der Waals surface area contributed by atoms with E-state index in [9.17, 15) is 14.9 Å². The van der Waals surface area contributed by atoms with Crippen molar-refractivity contribution in [3.05, 3.63) is 39.4 Å². The van der Waals surface area contributed by atoms with Crippen LogP contribution in [0.5, 0.6) is 0 Å². The fourth-order valence-electron chi connectivity index (χ4n) is 1.16. The van der Waals surface area contributed by atoms with E-state index in [4.69, 9.17) is 5.11 Å². The number of non-ortho nitro benzene ring substituents is 1. The molecule has 0 heterocycles. The Kier molecular flexibility index (Phi) is 4.20. The second-order valence-corrected chi connectivity index (χ2v) is 3.12. The van der Waals surface area contributed by atoms with Gasteiger partial charge < -0.3 is 10.4 Å². The van der Waals surface area contributed by atoms with Crippen molar-refractivity contribution in [3.8, 4) is 11.8 Å². The first-order valence-corrected chi connectivity index (χ1v) is 4.71. The molecule has 88 valence electrons. The smallest absolute Gasteiger partial charge is 0.337 e. The molecule has 1 rings (SSSR count). The molecule has 0 saturated carbocycles. The highest BCUT2D eigenvalue weighted by Gasteiger charge is 2.14. The fourth-order valence-corrected chi connectivity index (χ4v) is 1.16. The zero-order valence-electron chi connectivity index (χ0n) is 9.06. The number of hydrogen-bond acceptors (Lipinski definition) is 4. The van der Waals surface area contributed by atoms with E-state index in [1.807, 2.05) is 0 Å². The molecule has 6 nitrogen and oxygen atoms in total. The second kappa shape index (κ2) is 5.63. The molecule has 0 unspecified atom stereocenters. The lowest BCUT2D eigenvalue weighted by Gasteiger charge is -1.99. The van der Waals surface area contributed by atoms with Gasteiger partial charge >= 0.3 is 5.97 Å². The van der Waals surface area contributed by atoms with Gasteiger partial charge in [-0.25, -0.2) is 4.79 Å². The molecule has 0 amide bonds. The molecular weight excluding hydrogens is 224 g/mol. The maximum atomic E-state index is 10.9. The standard InChI is InChI=1S/C11H10N2O4/c1-12-6-2-3-8-4-5-9(13(16)17)7-10(8)11(14)15/h4-5,7,12H,6H2,1H3,(H,14,15). The highest BCUT2D eigenvalue weighted by Crippen LogP contribution is 2.17. The first-order chi connectivity index (χ1) is 8.06. The Morgan fingerprint density at radius 2 is 2.29 bits per heavy atom. The van der Waals surface area contributed by atoms with Crippen molar-refractivity contribution in [1.82, 2.24) is 5.32 Å². The Labute approximate surface area is 97.4 Å². The molecule has 0 fully saturated rings. The van der Waals surface area contributed by atoms with Gasteiger partial charge in [-0.1, -0.05) is 11.8 Å². The van der Waals surface area contributed by atoms with E-state index >= 15 is 0 Å². The number of rotatable bonds is 3. The predicted molar refractivity (Wildman–Crippen MR) is 60.9 cm³/mol. The number of hydrogen-bond donors (Lipinski definition) is 2. The summed E-state index contributed by atoms with van der Waals surface area (Å²) >= 11 is 0. The molecule has 0 saturated heterocycles. The molecule has 1 aromatic rings. The van der Waals surface area contributed by atoms with Crippen LogP contribution in [0.25, 0.3) is 0 Å². The van der Waals surface area contributed by atoms with Gasteiger partial charge in [0.25, 0.3) is 5.69 Å². The van der Waals surface area contributed by atoms with Crippen LogP contribution in [0.15, 0.2) is 18.2 Å². The van der Waals surface area contributed by atoms with E-state index in [-0.39, 0.29) is 16.8 Å². The Balaban J connectivity index is 3.19. The highest BCUT2D eigenvalue weighted by molar-refractivity contribution is 5.91. The number of nitro benzene ring substituents is 1. The Bertz CT molecular complexity index is 514. The number of carbonyl (C=O) groups is 1. The molecule has 17 heavy (non-hydrogen) atoms. The lowest BCUT2D eigenvalue weighted by Crippen LogP contribution is -2.05. The van der Waals surface area contributed by atoms with Crippen LogP contribution in [-0.2, 0) is 0 Å². The lowest BCUT2D eigenvalue weighted by molar-refractivity contribution is -0.384. The van der Waals surface area contributed by atoms with E-state index < -0.39 is 10.9 Å². The van der Waals surface area contributed by atoms with E-state index in [1.165, 1.54) is 12.1 Å². The molecule has 0 radical (unpaired) electrons. The predicted octanol–water partition coefficient (Wildman–Crippen LogP) is 0.864. The van der Waals surface area contributed by atoms with Crippen molar-refractivity contribution in [2.45, 2.75) is 0 Å². The number of nitro groups is 1. The third-order valence-electron chi connectivity index (χ3n) is 1.93. The number of nitrogens with zero attached hydrogens (tertiary/aromatic N) is 1.